The molecule has 2 amide bonds. The van der Waals surface area contributed by atoms with Gasteiger partial charge in [-0.2, -0.15) is 5.26 Å². The number of piperazine rings is 1. The fraction of sp³-hybridized carbons (Fsp3) is 0.762. The fourth-order valence-electron chi connectivity index (χ4n) is 3.86. The van der Waals surface area contributed by atoms with Crippen molar-refractivity contribution in [1.29, 1.82) is 5.26 Å². The lowest BCUT2D eigenvalue weighted by Crippen LogP contribution is -2.44. The average Bonchev–Trinajstić information content (AvgIpc) is 2.68. The summed E-state index contributed by atoms with van der Waals surface area (Å²) in [6.07, 6.45) is 15.9. The smallest absolute Gasteiger partial charge is 0.263 e. The minimum atomic E-state index is -0.257. The van der Waals surface area contributed by atoms with E-state index in [1.807, 2.05) is 4.90 Å². The van der Waals surface area contributed by atoms with Gasteiger partial charge in [-0.25, -0.2) is 0 Å². The predicted octanol–water partition coefficient (Wildman–Crippen LogP) is 2.96. The molecule has 27 heavy (non-hydrogen) atoms. The van der Waals surface area contributed by atoms with Crippen LogP contribution in [0.4, 0.5) is 0 Å². The van der Waals surface area contributed by atoms with Gasteiger partial charge < -0.3 is 15.1 Å². The maximum Gasteiger partial charge on any atom is 0.263 e. The largest absolute Gasteiger partial charge is 0.373 e. The van der Waals surface area contributed by atoms with Crippen molar-refractivity contribution in [3.8, 4) is 6.07 Å². The number of carbonyl (C=O) groups excluding carboxylic acids is 2. The molecule has 0 radical (unpaired) electrons. The topological polar surface area (TPSA) is 76.4 Å². The van der Waals surface area contributed by atoms with Crippen molar-refractivity contribution in [3.05, 3.63) is 11.8 Å². The summed E-state index contributed by atoms with van der Waals surface area (Å²) in [7, 11) is 0. The molecule has 0 bridgehead atoms. The minimum absolute atomic E-state index is 0.167. The molecule has 2 aliphatic rings. The van der Waals surface area contributed by atoms with E-state index in [1.165, 1.54) is 44.9 Å². The van der Waals surface area contributed by atoms with Gasteiger partial charge in [0.25, 0.3) is 5.91 Å². The lowest BCUT2D eigenvalue weighted by Gasteiger charge is -2.31. The Morgan fingerprint density at radius 1 is 0.852 bits per heavy atom. The van der Waals surface area contributed by atoms with Crippen molar-refractivity contribution in [2.75, 3.05) is 26.2 Å². The van der Waals surface area contributed by atoms with Crippen molar-refractivity contribution < 1.29 is 9.59 Å². The van der Waals surface area contributed by atoms with E-state index in [9.17, 15) is 14.9 Å². The number of nitrogens with one attached hydrogen (secondary N) is 1. The second kappa shape index (κ2) is 12.4. The van der Waals surface area contributed by atoms with Crippen LogP contribution in [-0.2, 0) is 9.59 Å². The molecule has 150 valence electrons. The van der Waals surface area contributed by atoms with Gasteiger partial charge >= 0.3 is 0 Å². The summed E-state index contributed by atoms with van der Waals surface area (Å²) >= 11 is 0. The van der Waals surface area contributed by atoms with E-state index < -0.39 is 0 Å². The lowest BCUT2D eigenvalue weighted by atomic mass is 9.97. The van der Waals surface area contributed by atoms with Crippen LogP contribution in [0.3, 0.4) is 0 Å². The third-order valence-corrected chi connectivity index (χ3v) is 5.62. The van der Waals surface area contributed by atoms with Gasteiger partial charge in [-0.15, -0.1) is 0 Å². The van der Waals surface area contributed by atoms with Crippen LogP contribution in [0.25, 0.3) is 0 Å². The maximum absolute atomic E-state index is 12.6. The van der Waals surface area contributed by atoms with Crippen LogP contribution >= 0.6 is 0 Å². The van der Waals surface area contributed by atoms with Gasteiger partial charge in [0.15, 0.2) is 0 Å². The third kappa shape index (κ3) is 8.03. The van der Waals surface area contributed by atoms with Gasteiger partial charge in [-0.1, -0.05) is 57.8 Å². The number of hydrogen-bond donors (Lipinski definition) is 1. The van der Waals surface area contributed by atoms with Crippen LogP contribution in [0, 0.1) is 11.3 Å². The van der Waals surface area contributed by atoms with Crippen LogP contribution in [0.2, 0.25) is 0 Å². The van der Waals surface area contributed by atoms with Gasteiger partial charge in [0.2, 0.25) is 6.41 Å². The first-order valence-corrected chi connectivity index (χ1v) is 10.6. The van der Waals surface area contributed by atoms with E-state index in [0.717, 1.165) is 32.1 Å². The molecule has 1 aliphatic heterocycles. The lowest BCUT2D eigenvalue weighted by molar-refractivity contribution is -0.120. The van der Waals surface area contributed by atoms with Gasteiger partial charge in [0, 0.05) is 38.4 Å². The van der Waals surface area contributed by atoms with Crippen molar-refractivity contribution in [2.45, 2.75) is 76.7 Å². The van der Waals surface area contributed by atoms with E-state index in [-0.39, 0.29) is 17.5 Å². The highest BCUT2D eigenvalue weighted by molar-refractivity contribution is 5.97. The molecular formula is C21H34N4O2. The normalized spacial score (nSPS) is 21.5. The summed E-state index contributed by atoms with van der Waals surface area (Å²) in [5.74, 6) is -0.257. The SMILES string of the molecule is N#C/C(=C/N1CCN(C=O)CC1)C(=O)NC1CCCCCCCCCCC1. The van der Waals surface area contributed by atoms with E-state index in [4.69, 9.17) is 0 Å². The van der Waals surface area contributed by atoms with Crippen LogP contribution < -0.4 is 5.32 Å². The fourth-order valence-corrected chi connectivity index (χ4v) is 3.86. The summed E-state index contributed by atoms with van der Waals surface area (Å²) in [5.41, 5.74) is 0.167. The molecular weight excluding hydrogens is 340 g/mol. The second-order valence-electron chi connectivity index (χ2n) is 7.76. The van der Waals surface area contributed by atoms with Crippen molar-refractivity contribution >= 4 is 12.3 Å². The molecule has 1 saturated heterocycles. The van der Waals surface area contributed by atoms with E-state index in [0.29, 0.717) is 26.2 Å². The van der Waals surface area contributed by atoms with Crippen molar-refractivity contribution in [2.24, 2.45) is 0 Å². The maximum atomic E-state index is 12.6. The Balaban J connectivity index is 1.87. The van der Waals surface area contributed by atoms with Crippen LogP contribution in [0.5, 0.6) is 0 Å². The number of hydrogen-bond acceptors (Lipinski definition) is 4. The Kier molecular flexibility index (Phi) is 9.75. The summed E-state index contributed by atoms with van der Waals surface area (Å²) < 4.78 is 0. The number of nitriles is 1. The zero-order chi connectivity index (χ0) is 19.3. The molecule has 0 unspecified atom stereocenters. The molecule has 0 aromatic rings. The Morgan fingerprint density at radius 2 is 1.33 bits per heavy atom. The van der Waals surface area contributed by atoms with Crippen LogP contribution in [-0.4, -0.2) is 54.3 Å². The predicted molar refractivity (Wildman–Crippen MR) is 106 cm³/mol. The Labute approximate surface area is 163 Å². The molecule has 1 N–H and O–H groups in total. The molecule has 6 nitrogen and oxygen atoms in total. The molecule has 1 saturated carbocycles. The van der Waals surface area contributed by atoms with E-state index in [2.05, 4.69) is 11.4 Å². The molecule has 0 aromatic carbocycles. The summed E-state index contributed by atoms with van der Waals surface area (Å²) in [6, 6.07) is 2.22. The van der Waals surface area contributed by atoms with E-state index >= 15 is 0 Å². The Morgan fingerprint density at radius 3 is 1.81 bits per heavy atom. The average molecular weight is 375 g/mol. The molecule has 2 fully saturated rings. The van der Waals surface area contributed by atoms with Gasteiger partial charge in [-0.05, 0) is 12.8 Å². The molecule has 2 rings (SSSR count). The number of nitrogens with zero attached hydrogens (tertiary/aromatic N) is 3. The van der Waals surface area contributed by atoms with Gasteiger partial charge in [0.05, 0.1) is 0 Å². The Hall–Kier alpha value is -2.03. The highest BCUT2D eigenvalue weighted by Crippen LogP contribution is 2.17. The first-order valence-electron chi connectivity index (χ1n) is 10.6. The van der Waals surface area contributed by atoms with Crippen LogP contribution in [0.15, 0.2) is 11.8 Å². The zero-order valence-corrected chi connectivity index (χ0v) is 16.5. The van der Waals surface area contributed by atoms with Crippen molar-refractivity contribution in [3.63, 3.8) is 0 Å². The van der Waals surface area contributed by atoms with Gasteiger partial charge in [0.1, 0.15) is 11.6 Å². The van der Waals surface area contributed by atoms with Crippen LogP contribution in [0.1, 0.15) is 70.6 Å². The number of amides is 2. The summed E-state index contributed by atoms with van der Waals surface area (Å²) in [5, 5.41) is 12.5. The summed E-state index contributed by atoms with van der Waals surface area (Å²) in [4.78, 5) is 27.1. The Bertz CT molecular complexity index is 521. The highest BCUT2D eigenvalue weighted by atomic mass is 16.2. The molecule has 1 heterocycles. The molecule has 0 atom stereocenters. The molecule has 0 aromatic heterocycles. The second-order valence-corrected chi connectivity index (χ2v) is 7.76. The van der Waals surface area contributed by atoms with Gasteiger partial charge in [-0.3, -0.25) is 9.59 Å². The first-order chi connectivity index (χ1) is 13.2. The first kappa shape index (κ1) is 21.3. The quantitative estimate of drug-likeness (QED) is 0.466. The molecule has 0 spiro atoms. The molecule has 6 heteroatoms. The monoisotopic (exact) mass is 374 g/mol. The minimum Gasteiger partial charge on any atom is -0.373 e. The highest BCUT2D eigenvalue weighted by Gasteiger charge is 2.19. The zero-order valence-electron chi connectivity index (χ0n) is 16.5. The standard InChI is InChI=1S/C21H34N4O2/c22-16-19(17-24-12-14-25(18-26)15-13-24)21(27)23-20-10-8-6-4-2-1-3-5-7-9-11-20/h17-18,20H,1-15H2,(H,23,27)/b19-17-. The third-order valence-electron chi connectivity index (χ3n) is 5.62. The molecule has 1 aliphatic carbocycles. The number of rotatable bonds is 4. The van der Waals surface area contributed by atoms with Crippen molar-refractivity contribution in [1.82, 2.24) is 15.1 Å². The van der Waals surface area contributed by atoms with E-state index in [1.54, 1.807) is 11.1 Å². The summed E-state index contributed by atoms with van der Waals surface area (Å²) in [6.45, 7) is 2.56. The number of carbonyl (C=O) groups is 2.